The summed E-state index contributed by atoms with van der Waals surface area (Å²) in [5.41, 5.74) is 4.93. The lowest BCUT2D eigenvalue weighted by molar-refractivity contribution is 1.15. The minimum absolute atomic E-state index is 0.306. The van der Waals surface area contributed by atoms with Gasteiger partial charge in [0.25, 0.3) is 0 Å². The molecule has 0 spiro atoms. The molecule has 0 saturated heterocycles. The Hall–Kier alpha value is -1.06. The number of rotatable bonds is 3. The van der Waals surface area contributed by atoms with Gasteiger partial charge < -0.3 is 4.98 Å². The van der Waals surface area contributed by atoms with E-state index in [1.807, 2.05) is 6.07 Å². The van der Waals surface area contributed by atoms with Crippen molar-refractivity contribution in [2.24, 2.45) is 0 Å². The van der Waals surface area contributed by atoms with Gasteiger partial charge in [-0.1, -0.05) is 74.3 Å². The minimum Gasteiger partial charge on any atom is -0.355 e. The maximum Gasteiger partial charge on any atom is 0.0738 e. The number of hydrogen-bond acceptors (Lipinski definition) is 0. The molecule has 0 unspecified atom stereocenters. The highest BCUT2D eigenvalue weighted by Gasteiger charge is 2.08. The van der Waals surface area contributed by atoms with Crippen LogP contribution in [0.2, 0.25) is 0 Å². The van der Waals surface area contributed by atoms with Crippen LogP contribution in [0.1, 0.15) is 5.56 Å². The standard InChI is InChI=1S/C16H13Br2N/c17-16(18)9-12-7-4-8-14-13(12)10-15(19-14)11-5-2-1-3-6-11/h1-8,10,16,19H,9H2. The predicted molar refractivity (Wildman–Crippen MR) is 89.1 cm³/mol. The first-order valence-corrected chi connectivity index (χ1v) is 8.01. The maximum atomic E-state index is 3.56. The molecule has 0 aliphatic rings. The molecule has 0 amide bonds. The molecule has 0 bridgehead atoms. The smallest absolute Gasteiger partial charge is 0.0738 e. The SMILES string of the molecule is BrC(Br)Cc1cccc2[nH]c(-c3ccccc3)cc12. The fourth-order valence-corrected chi connectivity index (χ4v) is 3.03. The van der Waals surface area contributed by atoms with E-state index in [0.717, 1.165) is 6.42 Å². The van der Waals surface area contributed by atoms with E-state index in [9.17, 15) is 0 Å². The third-order valence-electron chi connectivity index (χ3n) is 3.21. The number of nitrogens with one attached hydrogen (secondary N) is 1. The summed E-state index contributed by atoms with van der Waals surface area (Å²) in [7, 11) is 0. The van der Waals surface area contributed by atoms with E-state index in [1.165, 1.54) is 27.7 Å². The van der Waals surface area contributed by atoms with E-state index in [4.69, 9.17) is 0 Å². The summed E-state index contributed by atoms with van der Waals surface area (Å²) in [4.78, 5) is 3.49. The Balaban J connectivity index is 2.11. The molecule has 96 valence electrons. The number of aromatic nitrogens is 1. The van der Waals surface area contributed by atoms with Gasteiger partial charge in [0.2, 0.25) is 0 Å². The van der Waals surface area contributed by atoms with E-state index in [1.54, 1.807) is 0 Å². The van der Waals surface area contributed by atoms with Crippen LogP contribution >= 0.6 is 31.9 Å². The van der Waals surface area contributed by atoms with Crippen LogP contribution in [-0.4, -0.2) is 8.72 Å². The van der Waals surface area contributed by atoms with Crippen molar-refractivity contribution < 1.29 is 0 Å². The average Bonchev–Trinajstić information content (AvgIpc) is 2.84. The van der Waals surface area contributed by atoms with Crippen molar-refractivity contribution in [3.8, 4) is 11.3 Å². The van der Waals surface area contributed by atoms with Gasteiger partial charge in [0.05, 0.1) is 3.74 Å². The maximum absolute atomic E-state index is 3.56. The first-order valence-electron chi connectivity index (χ1n) is 6.18. The van der Waals surface area contributed by atoms with Gasteiger partial charge in [-0.05, 0) is 29.7 Å². The average molecular weight is 379 g/mol. The molecule has 3 aromatic rings. The van der Waals surface area contributed by atoms with Crippen LogP contribution in [0.3, 0.4) is 0 Å². The molecule has 0 aliphatic heterocycles. The van der Waals surface area contributed by atoms with Crippen LogP contribution < -0.4 is 0 Å². The Morgan fingerprint density at radius 2 is 1.74 bits per heavy atom. The summed E-state index contributed by atoms with van der Waals surface area (Å²) in [6, 6.07) is 19.1. The largest absolute Gasteiger partial charge is 0.355 e. The van der Waals surface area contributed by atoms with E-state index in [0.29, 0.717) is 3.74 Å². The van der Waals surface area contributed by atoms with Crippen molar-refractivity contribution in [2.75, 3.05) is 0 Å². The Kier molecular flexibility index (Phi) is 3.76. The van der Waals surface area contributed by atoms with Crippen molar-refractivity contribution in [1.82, 2.24) is 4.98 Å². The van der Waals surface area contributed by atoms with Gasteiger partial charge in [-0.3, -0.25) is 0 Å². The molecular formula is C16H13Br2N. The van der Waals surface area contributed by atoms with Gasteiger partial charge in [0.15, 0.2) is 0 Å². The van der Waals surface area contributed by atoms with E-state index < -0.39 is 0 Å². The summed E-state index contributed by atoms with van der Waals surface area (Å²) < 4.78 is 0.306. The number of halogens is 2. The lowest BCUT2D eigenvalue weighted by atomic mass is 10.1. The number of alkyl halides is 2. The fraction of sp³-hybridized carbons (Fsp3) is 0.125. The normalized spacial score (nSPS) is 11.3. The topological polar surface area (TPSA) is 15.8 Å². The van der Waals surface area contributed by atoms with Crippen LogP contribution in [-0.2, 0) is 6.42 Å². The minimum atomic E-state index is 0.306. The number of H-pyrrole nitrogens is 1. The third kappa shape index (κ3) is 2.77. The zero-order chi connectivity index (χ0) is 13.2. The molecule has 0 aliphatic carbocycles. The second-order valence-corrected chi connectivity index (χ2v) is 7.96. The second-order valence-electron chi connectivity index (χ2n) is 4.52. The Morgan fingerprint density at radius 1 is 0.947 bits per heavy atom. The van der Waals surface area contributed by atoms with Crippen molar-refractivity contribution in [1.29, 1.82) is 0 Å². The molecule has 0 atom stereocenters. The lowest BCUT2D eigenvalue weighted by Crippen LogP contribution is -1.92. The molecule has 1 N–H and O–H groups in total. The van der Waals surface area contributed by atoms with Crippen LogP contribution in [0.25, 0.3) is 22.2 Å². The summed E-state index contributed by atoms with van der Waals surface area (Å²) in [5, 5.41) is 1.30. The molecule has 3 heteroatoms. The van der Waals surface area contributed by atoms with E-state index >= 15 is 0 Å². The molecule has 1 aromatic heterocycles. The molecular weight excluding hydrogens is 366 g/mol. The third-order valence-corrected chi connectivity index (χ3v) is 3.86. The van der Waals surface area contributed by atoms with Crippen LogP contribution in [0, 0.1) is 0 Å². The first-order chi connectivity index (χ1) is 9.24. The molecule has 19 heavy (non-hydrogen) atoms. The molecule has 1 nitrogen and oxygen atoms in total. The highest BCUT2D eigenvalue weighted by Crippen LogP contribution is 2.28. The predicted octanol–water partition coefficient (Wildman–Crippen LogP) is 5.49. The van der Waals surface area contributed by atoms with Crippen LogP contribution in [0.5, 0.6) is 0 Å². The second kappa shape index (κ2) is 5.51. The molecule has 0 radical (unpaired) electrons. The zero-order valence-electron chi connectivity index (χ0n) is 10.2. The Labute approximate surface area is 129 Å². The fourth-order valence-electron chi connectivity index (χ4n) is 2.34. The molecule has 0 saturated carbocycles. The molecule has 3 rings (SSSR count). The lowest BCUT2D eigenvalue weighted by Gasteiger charge is -2.03. The Morgan fingerprint density at radius 3 is 2.47 bits per heavy atom. The van der Waals surface area contributed by atoms with E-state index in [2.05, 4.69) is 85.4 Å². The summed E-state index contributed by atoms with van der Waals surface area (Å²) in [6.07, 6.45) is 0.962. The van der Waals surface area contributed by atoms with Crippen molar-refractivity contribution >= 4 is 42.8 Å². The van der Waals surface area contributed by atoms with Crippen LogP contribution in [0.15, 0.2) is 54.6 Å². The summed E-state index contributed by atoms with van der Waals surface area (Å²) in [6.45, 7) is 0. The van der Waals surface area contributed by atoms with Gasteiger partial charge in [-0.25, -0.2) is 0 Å². The monoisotopic (exact) mass is 377 g/mol. The number of benzene rings is 2. The quantitative estimate of drug-likeness (QED) is 0.579. The number of aromatic amines is 1. The van der Waals surface area contributed by atoms with Gasteiger partial charge in [-0.2, -0.15) is 0 Å². The van der Waals surface area contributed by atoms with Gasteiger partial charge in [0, 0.05) is 16.6 Å². The highest BCUT2D eigenvalue weighted by atomic mass is 79.9. The van der Waals surface area contributed by atoms with Crippen LogP contribution in [0.4, 0.5) is 0 Å². The Bertz CT molecular complexity index is 686. The van der Waals surface area contributed by atoms with Gasteiger partial charge >= 0.3 is 0 Å². The number of hydrogen-bond donors (Lipinski definition) is 1. The zero-order valence-corrected chi connectivity index (χ0v) is 13.4. The molecule has 2 aromatic carbocycles. The summed E-state index contributed by atoms with van der Waals surface area (Å²) >= 11 is 7.11. The first kappa shape index (κ1) is 12.9. The van der Waals surface area contributed by atoms with E-state index in [-0.39, 0.29) is 0 Å². The van der Waals surface area contributed by atoms with Crippen molar-refractivity contribution in [3.05, 3.63) is 60.2 Å². The number of fused-ring (bicyclic) bond motifs is 1. The molecule has 1 heterocycles. The molecule has 0 fully saturated rings. The summed E-state index contributed by atoms with van der Waals surface area (Å²) in [5.74, 6) is 0. The van der Waals surface area contributed by atoms with Gasteiger partial charge in [0.1, 0.15) is 0 Å². The highest BCUT2D eigenvalue weighted by molar-refractivity contribution is 9.24. The van der Waals surface area contributed by atoms with Crippen molar-refractivity contribution in [2.45, 2.75) is 10.2 Å². The van der Waals surface area contributed by atoms with Gasteiger partial charge in [-0.15, -0.1) is 0 Å². The van der Waals surface area contributed by atoms with Crippen molar-refractivity contribution in [3.63, 3.8) is 0 Å².